The molecule has 0 fully saturated rings. The van der Waals surface area contributed by atoms with Crippen LogP contribution >= 0.6 is 11.6 Å². The molecule has 7 heteroatoms. The average Bonchev–Trinajstić information content (AvgIpc) is 2.81. The van der Waals surface area contributed by atoms with Crippen LogP contribution < -0.4 is 10.1 Å². The molecular weight excluding hydrogens is 414 g/mol. The molecule has 2 amide bonds. The fourth-order valence-corrected chi connectivity index (χ4v) is 3.17. The summed E-state index contributed by atoms with van der Waals surface area (Å²) in [5.74, 6) is -0.138. The van der Waals surface area contributed by atoms with Crippen molar-refractivity contribution < 1.29 is 14.3 Å². The third-order valence-corrected chi connectivity index (χ3v) is 5.08. The van der Waals surface area contributed by atoms with Gasteiger partial charge in [0.25, 0.3) is 5.91 Å². The van der Waals surface area contributed by atoms with Gasteiger partial charge in [0.15, 0.2) is 6.61 Å². The van der Waals surface area contributed by atoms with Crippen LogP contribution in [0.1, 0.15) is 18.1 Å². The summed E-state index contributed by atoms with van der Waals surface area (Å²) in [7, 11) is 0. The Bertz CT molecular complexity index is 999. The van der Waals surface area contributed by atoms with Crippen molar-refractivity contribution in [3.8, 4) is 5.75 Å². The first-order valence-corrected chi connectivity index (χ1v) is 10.3. The van der Waals surface area contributed by atoms with Crippen molar-refractivity contribution in [1.29, 1.82) is 0 Å². The van der Waals surface area contributed by atoms with Crippen LogP contribution in [0.3, 0.4) is 0 Å². The molecular formula is C24H24ClN3O3. The molecule has 0 radical (unpaired) electrons. The lowest BCUT2D eigenvalue weighted by Crippen LogP contribution is -2.48. The maximum absolute atomic E-state index is 13.0. The molecule has 1 aromatic heterocycles. The molecule has 6 nitrogen and oxygen atoms in total. The number of carbonyl (C=O) groups excluding carboxylic acids is 2. The third kappa shape index (κ3) is 6.55. The number of halogens is 1. The first-order chi connectivity index (χ1) is 15.0. The number of hydrogen-bond acceptors (Lipinski definition) is 4. The molecule has 3 aromatic rings. The maximum Gasteiger partial charge on any atom is 0.261 e. The topological polar surface area (TPSA) is 71.5 Å². The molecule has 0 saturated heterocycles. The Kier molecular flexibility index (Phi) is 8.01. The van der Waals surface area contributed by atoms with Gasteiger partial charge in [0.2, 0.25) is 5.91 Å². The normalized spacial score (nSPS) is 11.4. The zero-order chi connectivity index (χ0) is 22.1. The molecule has 0 spiro atoms. The SMILES string of the molecule is C[C@H](C(=O)NCc1ccncc1)N(Cc1ccccc1)C(=O)COc1ccccc1Cl. The van der Waals surface area contributed by atoms with Crippen molar-refractivity contribution in [3.05, 3.63) is 95.3 Å². The lowest BCUT2D eigenvalue weighted by molar-refractivity contribution is -0.142. The molecule has 0 aliphatic heterocycles. The van der Waals surface area contributed by atoms with Gasteiger partial charge in [-0.15, -0.1) is 0 Å². The summed E-state index contributed by atoms with van der Waals surface area (Å²) < 4.78 is 5.61. The van der Waals surface area contributed by atoms with Crippen LogP contribution in [0, 0.1) is 0 Å². The summed E-state index contributed by atoms with van der Waals surface area (Å²) in [5, 5.41) is 3.30. The van der Waals surface area contributed by atoms with E-state index in [1.807, 2.05) is 42.5 Å². The molecule has 3 rings (SSSR count). The van der Waals surface area contributed by atoms with Gasteiger partial charge in [-0.25, -0.2) is 0 Å². The lowest BCUT2D eigenvalue weighted by atomic mass is 10.1. The number of amides is 2. The van der Waals surface area contributed by atoms with Gasteiger partial charge in [0.1, 0.15) is 11.8 Å². The Morgan fingerprint density at radius 3 is 2.39 bits per heavy atom. The van der Waals surface area contributed by atoms with E-state index in [2.05, 4.69) is 10.3 Å². The van der Waals surface area contributed by atoms with Crippen molar-refractivity contribution in [3.63, 3.8) is 0 Å². The van der Waals surface area contributed by atoms with Gasteiger partial charge in [-0.1, -0.05) is 54.1 Å². The van der Waals surface area contributed by atoms with Gasteiger partial charge in [-0.2, -0.15) is 0 Å². The standard InChI is InChI=1S/C24H24ClN3O3/c1-18(24(30)27-15-19-11-13-26-14-12-19)28(16-20-7-3-2-4-8-20)23(29)17-31-22-10-6-5-9-21(22)25/h2-14,18H,15-17H2,1H3,(H,27,30)/t18-/m1/s1. The highest BCUT2D eigenvalue weighted by molar-refractivity contribution is 6.32. The number of carbonyl (C=O) groups is 2. The van der Waals surface area contributed by atoms with Crippen molar-refractivity contribution in [2.24, 2.45) is 0 Å². The van der Waals surface area contributed by atoms with E-state index in [0.717, 1.165) is 11.1 Å². The van der Waals surface area contributed by atoms with Crippen LogP contribution in [0.2, 0.25) is 5.02 Å². The average molecular weight is 438 g/mol. The minimum absolute atomic E-state index is 0.224. The first kappa shape index (κ1) is 22.3. The minimum Gasteiger partial charge on any atom is -0.482 e. The van der Waals surface area contributed by atoms with Crippen molar-refractivity contribution in [1.82, 2.24) is 15.2 Å². The second-order valence-corrected chi connectivity index (χ2v) is 7.38. The zero-order valence-corrected chi connectivity index (χ0v) is 18.0. The number of para-hydroxylation sites is 1. The summed E-state index contributed by atoms with van der Waals surface area (Å²) in [6, 6.07) is 19.4. The molecule has 0 saturated carbocycles. The van der Waals surface area contributed by atoms with Crippen LogP contribution in [0.4, 0.5) is 0 Å². The summed E-state index contributed by atoms with van der Waals surface area (Å²) in [6.45, 7) is 2.13. The van der Waals surface area contributed by atoms with Gasteiger partial charge in [0, 0.05) is 25.5 Å². The van der Waals surface area contributed by atoms with E-state index in [-0.39, 0.29) is 25.0 Å². The summed E-state index contributed by atoms with van der Waals surface area (Å²) in [4.78, 5) is 31.3. The van der Waals surface area contributed by atoms with E-state index in [9.17, 15) is 9.59 Å². The molecule has 0 aliphatic rings. The van der Waals surface area contributed by atoms with E-state index in [1.54, 1.807) is 43.6 Å². The van der Waals surface area contributed by atoms with E-state index >= 15 is 0 Å². The minimum atomic E-state index is -0.690. The highest BCUT2D eigenvalue weighted by Crippen LogP contribution is 2.23. The first-order valence-electron chi connectivity index (χ1n) is 9.92. The molecule has 1 atom stereocenters. The fraction of sp³-hybridized carbons (Fsp3) is 0.208. The number of pyridine rings is 1. The van der Waals surface area contributed by atoms with E-state index < -0.39 is 6.04 Å². The number of nitrogens with one attached hydrogen (secondary N) is 1. The number of aromatic nitrogens is 1. The van der Waals surface area contributed by atoms with Gasteiger partial charge < -0.3 is 15.0 Å². The number of nitrogens with zero attached hydrogens (tertiary/aromatic N) is 2. The van der Waals surface area contributed by atoms with Gasteiger partial charge in [-0.05, 0) is 42.3 Å². The Morgan fingerprint density at radius 2 is 1.68 bits per heavy atom. The zero-order valence-electron chi connectivity index (χ0n) is 17.2. The van der Waals surface area contributed by atoms with Gasteiger partial charge in [-0.3, -0.25) is 14.6 Å². The lowest BCUT2D eigenvalue weighted by Gasteiger charge is -2.28. The molecule has 0 bridgehead atoms. The summed E-state index contributed by atoms with van der Waals surface area (Å²) in [6.07, 6.45) is 3.34. The van der Waals surface area contributed by atoms with Gasteiger partial charge in [0.05, 0.1) is 5.02 Å². The predicted octanol–water partition coefficient (Wildman–Crippen LogP) is 3.85. The Labute approximate surface area is 186 Å². The number of benzene rings is 2. The monoisotopic (exact) mass is 437 g/mol. The van der Waals surface area contributed by atoms with Crippen molar-refractivity contribution in [2.45, 2.75) is 26.1 Å². The Morgan fingerprint density at radius 1 is 1.00 bits per heavy atom. The molecule has 0 unspecified atom stereocenters. The van der Waals surface area contributed by atoms with E-state index in [0.29, 0.717) is 17.3 Å². The van der Waals surface area contributed by atoms with E-state index in [4.69, 9.17) is 16.3 Å². The number of ether oxygens (including phenoxy) is 1. The van der Waals surface area contributed by atoms with Crippen LogP contribution in [0.15, 0.2) is 79.1 Å². The molecule has 1 heterocycles. The highest BCUT2D eigenvalue weighted by Gasteiger charge is 2.26. The fourth-order valence-electron chi connectivity index (χ4n) is 2.98. The smallest absolute Gasteiger partial charge is 0.261 e. The molecule has 1 N–H and O–H groups in total. The maximum atomic E-state index is 13.0. The highest BCUT2D eigenvalue weighted by atomic mass is 35.5. The van der Waals surface area contributed by atoms with Crippen LogP contribution in [0.25, 0.3) is 0 Å². The van der Waals surface area contributed by atoms with Gasteiger partial charge >= 0.3 is 0 Å². The second kappa shape index (κ2) is 11.1. The molecule has 160 valence electrons. The largest absolute Gasteiger partial charge is 0.482 e. The quantitative estimate of drug-likeness (QED) is 0.552. The summed E-state index contributed by atoms with van der Waals surface area (Å²) >= 11 is 6.11. The molecule has 31 heavy (non-hydrogen) atoms. The molecule has 2 aromatic carbocycles. The Hall–Kier alpha value is -3.38. The third-order valence-electron chi connectivity index (χ3n) is 4.77. The second-order valence-electron chi connectivity index (χ2n) is 6.98. The van der Waals surface area contributed by atoms with Crippen molar-refractivity contribution >= 4 is 23.4 Å². The van der Waals surface area contributed by atoms with Crippen LogP contribution in [-0.2, 0) is 22.7 Å². The summed E-state index contributed by atoms with van der Waals surface area (Å²) in [5.41, 5.74) is 1.85. The number of hydrogen-bond donors (Lipinski definition) is 1. The number of rotatable bonds is 9. The van der Waals surface area contributed by atoms with Crippen LogP contribution in [0.5, 0.6) is 5.75 Å². The van der Waals surface area contributed by atoms with E-state index in [1.165, 1.54) is 4.90 Å². The van der Waals surface area contributed by atoms with Crippen LogP contribution in [-0.4, -0.2) is 34.3 Å². The Balaban J connectivity index is 1.69. The molecule has 0 aliphatic carbocycles. The van der Waals surface area contributed by atoms with Crippen molar-refractivity contribution in [2.75, 3.05) is 6.61 Å². The predicted molar refractivity (Wildman–Crippen MR) is 119 cm³/mol.